The molecule has 106 valence electrons. The van der Waals surface area contributed by atoms with Gasteiger partial charge in [-0.2, -0.15) is 0 Å². The van der Waals surface area contributed by atoms with E-state index in [1.807, 2.05) is 26.0 Å². The molecule has 2 N–H and O–H groups in total. The summed E-state index contributed by atoms with van der Waals surface area (Å²) in [6.45, 7) is 4.09. The van der Waals surface area contributed by atoms with E-state index in [4.69, 9.17) is 21.4 Å². The fraction of sp³-hybridized carbons (Fsp3) is 0.500. The quantitative estimate of drug-likeness (QED) is 0.808. The van der Waals surface area contributed by atoms with E-state index in [0.717, 1.165) is 0 Å². The van der Waals surface area contributed by atoms with E-state index in [1.54, 1.807) is 12.1 Å². The maximum absolute atomic E-state index is 11.7. The summed E-state index contributed by atoms with van der Waals surface area (Å²) in [7, 11) is 0. The number of aliphatic hydroxyl groups excluding tert-OH is 1. The molecule has 0 aromatic heterocycles. The first kappa shape index (κ1) is 15.8. The number of amides is 1. The smallest absolute Gasteiger partial charge is 0.223 e. The van der Waals surface area contributed by atoms with Gasteiger partial charge in [-0.15, -0.1) is 0 Å². The molecule has 0 saturated heterocycles. The van der Waals surface area contributed by atoms with Gasteiger partial charge in [0.2, 0.25) is 5.91 Å². The van der Waals surface area contributed by atoms with Crippen LogP contribution in [-0.2, 0) is 4.79 Å². The third-order valence-corrected chi connectivity index (χ3v) is 3.08. The SMILES string of the molecule is CC(C)[C@@H](CO)NC(=O)CCOc1ccccc1Cl. The molecule has 0 aliphatic heterocycles. The van der Waals surface area contributed by atoms with Crippen molar-refractivity contribution in [1.82, 2.24) is 5.32 Å². The van der Waals surface area contributed by atoms with Crippen molar-refractivity contribution < 1.29 is 14.6 Å². The Morgan fingerprint density at radius 3 is 2.68 bits per heavy atom. The molecule has 0 spiro atoms. The third-order valence-electron chi connectivity index (χ3n) is 2.77. The molecule has 5 heteroatoms. The van der Waals surface area contributed by atoms with Crippen molar-refractivity contribution in [3.63, 3.8) is 0 Å². The second-order valence-corrected chi connectivity index (χ2v) is 5.04. The Morgan fingerprint density at radius 1 is 1.42 bits per heavy atom. The molecule has 19 heavy (non-hydrogen) atoms. The van der Waals surface area contributed by atoms with Gasteiger partial charge in [0.25, 0.3) is 0 Å². The van der Waals surface area contributed by atoms with Crippen molar-refractivity contribution in [2.45, 2.75) is 26.3 Å². The monoisotopic (exact) mass is 285 g/mol. The fourth-order valence-electron chi connectivity index (χ4n) is 1.52. The number of hydrogen-bond donors (Lipinski definition) is 2. The maximum atomic E-state index is 11.7. The minimum atomic E-state index is -0.215. The van der Waals surface area contributed by atoms with Gasteiger partial charge in [-0.3, -0.25) is 4.79 Å². The van der Waals surface area contributed by atoms with Gasteiger partial charge in [0, 0.05) is 0 Å². The van der Waals surface area contributed by atoms with Crippen molar-refractivity contribution in [3.8, 4) is 5.75 Å². The molecule has 4 nitrogen and oxygen atoms in total. The number of hydrogen-bond acceptors (Lipinski definition) is 3. The first-order valence-corrected chi connectivity index (χ1v) is 6.70. The lowest BCUT2D eigenvalue weighted by molar-refractivity contribution is -0.122. The summed E-state index contributed by atoms with van der Waals surface area (Å²) in [5.74, 6) is 0.623. The number of ether oxygens (including phenoxy) is 1. The van der Waals surface area contributed by atoms with Crippen molar-refractivity contribution in [2.24, 2.45) is 5.92 Å². The van der Waals surface area contributed by atoms with Gasteiger partial charge < -0.3 is 15.2 Å². The number of aliphatic hydroxyl groups is 1. The van der Waals surface area contributed by atoms with Gasteiger partial charge in [-0.05, 0) is 18.1 Å². The second-order valence-electron chi connectivity index (χ2n) is 4.63. The molecule has 0 heterocycles. The van der Waals surface area contributed by atoms with Crippen LogP contribution in [0, 0.1) is 5.92 Å². The lowest BCUT2D eigenvalue weighted by Crippen LogP contribution is -2.41. The van der Waals surface area contributed by atoms with Crippen molar-refractivity contribution in [1.29, 1.82) is 0 Å². The Kier molecular flexibility index (Phi) is 6.67. The zero-order valence-electron chi connectivity index (χ0n) is 11.2. The summed E-state index contributed by atoms with van der Waals surface area (Å²) in [5.41, 5.74) is 0. The first-order valence-electron chi connectivity index (χ1n) is 6.32. The predicted molar refractivity (Wildman–Crippen MR) is 75.4 cm³/mol. The van der Waals surface area contributed by atoms with Crippen LogP contribution in [0.15, 0.2) is 24.3 Å². The minimum absolute atomic E-state index is 0.0607. The summed E-state index contributed by atoms with van der Waals surface area (Å²) in [5, 5.41) is 12.4. The van der Waals surface area contributed by atoms with Gasteiger partial charge >= 0.3 is 0 Å². The second kappa shape index (κ2) is 8.02. The molecular formula is C14H20ClNO3. The van der Waals surface area contributed by atoms with Gasteiger partial charge in [0.1, 0.15) is 5.75 Å². The average molecular weight is 286 g/mol. The summed E-state index contributed by atoms with van der Waals surface area (Å²) in [6, 6.07) is 6.91. The minimum Gasteiger partial charge on any atom is -0.491 e. The Balaban J connectivity index is 2.33. The van der Waals surface area contributed by atoms with E-state index < -0.39 is 0 Å². The number of carbonyl (C=O) groups is 1. The van der Waals surface area contributed by atoms with Crippen molar-refractivity contribution >= 4 is 17.5 Å². The standard InChI is InChI=1S/C14H20ClNO3/c1-10(2)12(9-17)16-14(18)7-8-19-13-6-4-3-5-11(13)15/h3-6,10,12,17H,7-9H2,1-2H3,(H,16,18)/t12-/m1/s1. The Morgan fingerprint density at radius 2 is 2.11 bits per heavy atom. The topological polar surface area (TPSA) is 58.6 Å². The molecule has 0 radical (unpaired) electrons. The Hall–Kier alpha value is -1.26. The molecule has 1 atom stereocenters. The molecule has 1 amide bonds. The van der Waals surface area contributed by atoms with Gasteiger partial charge in [0.05, 0.1) is 30.7 Å². The summed E-state index contributed by atoms with van der Waals surface area (Å²) >= 11 is 5.93. The third kappa shape index (κ3) is 5.49. The van der Waals surface area contributed by atoms with E-state index in [9.17, 15) is 4.79 Å². The van der Waals surface area contributed by atoms with Gasteiger partial charge in [0.15, 0.2) is 0 Å². The van der Waals surface area contributed by atoms with Crippen LogP contribution < -0.4 is 10.1 Å². The number of rotatable bonds is 7. The van der Waals surface area contributed by atoms with Gasteiger partial charge in [-0.25, -0.2) is 0 Å². The highest BCUT2D eigenvalue weighted by Gasteiger charge is 2.14. The van der Waals surface area contributed by atoms with E-state index in [-0.39, 0.29) is 37.5 Å². The highest BCUT2D eigenvalue weighted by Crippen LogP contribution is 2.22. The molecule has 0 bridgehead atoms. The van der Waals surface area contributed by atoms with E-state index in [2.05, 4.69) is 5.32 Å². The number of halogens is 1. The zero-order valence-corrected chi connectivity index (χ0v) is 12.0. The number of carbonyl (C=O) groups excluding carboxylic acids is 1. The molecule has 1 rings (SSSR count). The molecule has 1 aromatic rings. The van der Waals surface area contributed by atoms with E-state index in [1.165, 1.54) is 0 Å². The van der Waals surface area contributed by atoms with Crippen LogP contribution in [0.3, 0.4) is 0 Å². The molecule has 0 fully saturated rings. The average Bonchev–Trinajstić information content (AvgIpc) is 2.38. The lowest BCUT2D eigenvalue weighted by Gasteiger charge is -2.19. The van der Waals surface area contributed by atoms with Crippen molar-refractivity contribution in [3.05, 3.63) is 29.3 Å². The zero-order chi connectivity index (χ0) is 14.3. The highest BCUT2D eigenvalue weighted by molar-refractivity contribution is 6.32. The van der Waals surface area contributed by atoms with Gasteiger partial charge in [-0.1, -0.05) is 37.6 Å². The Labute approximate surface area is 118 Å². The summed E-state index contributed by atoms with van der Waals surface area (Å²) < 4.78 is 5.43. The largest absolute Gasteiger partial charge is 0.491 e. The normalized spacial score (nSPS) is 12.3. The predicted octanol–water partition coefficient (Wildman–Crippen LogP) is 2.24. The summed E-state index contributed by atoms with van der Waals surface area (Å²) in [6.07, 6.45) is 0.231. The number of benzene rings is 1. The fourth-order valence-corrected chi connectivity index (χ4v) is 1.71. The Bertz CT molecular complexity index is 409. The van der Waals surface area contributed by atoms with Crippen LogP contribution in [0.25, 0.3) is 0 Å². The number of para-hydroxylation sites is 1. The molecule has 0 saturated carbocycles. The molecule has 0 aliphatic rings. The van der Waals surface area contributed by atoms with Crippen LogP contribution in [0.5, 0.6) is 5.75 Å². The first-order chi connectivity index (χ1) is 9.04. The van der Waals surface area contributed by atoms with Crippen molar-refractivity contribution in [2.75, 3.05) is 13.2 Å². The number of nitrogens with one attached hydrogen (secondary N) is 1. The van der Waals surface area contributed by atoms with Crippen LogP contribution in [-0.4, -0.2) is 30.3 Å². The van der Waals surface area contributed by atoms with Crippen LogP contribution in [0.1, 0.15) is 20.3 Å². The van der Waals surface area contributed by atoms with E-state index in [0.29, 0.717) is 10.8 Å². The van der Waals surface area contributed by atoms with E-state index >= 15 is 0 Å². The van der Waals surface area contributed by atoms with Crippen LogP contribution in [0.2, 0.25) is 5.02 Å². The molecular weight excluding hydrogens is 266 g/mol. The molecule has 0 aliphatic carbocycles. The summed E-state index contributed by atoms with van der Waals surface area (Å²) in [4.78, 5) is 11.7. The van der Waals surface area contributed by atoms with Crippen LogP contribution >= 0.6 is 11.6 Å². The lowest BCUT2D eigenvalue weighted by atomic mass is 10.1. The van der Waals surface area contributed by atoms with Crippen LogP contribution in [0.4, 0.5) is 0 Å². The molecule has 1 aromatic carbocycles. The highest BCUT2D eigenvalue weighted by atomic mass is 35.5. The maximum Gasteiger partial charge on any atom is 0.223 e. The molecule has 0 unspecified atom stereocenters.